The number of ether oxygens (including phenoxy) is 1. The average molecular weight is 328 g/mol. The van der Waals surface area contributed by atoms with E-state index in [4.69, 9.17) is 4.74 Å². The van der Waals surface area contributed by atoms with Gasteiger partial charge in [0.05, 0.1) is 0 Å². The number of rotatable bonds is 15. The standard InChI is InChI=1S/C19H37NO3/c1-5-12-17(4)19(22)20-13-10-8-6-7-9-11-14-23-15-18(21)16(2)3/h16-17H,5-15H2,1-4H3,(H,20,22). The van der Waals surface area contributed by atoms with Gasteiger partial charge in [0, 0.05) is 25.0 Å². The molecule has 0 aromatic carbocycles. The number of ketones is 1. The minimum Gasteiger partial charge on any atom is -0.374 e. The molecular weight excluding hydrogens is 290 g/mol. The SMILES string of the molecule is CCCC(C)C(=O)NCCCCCCCCOCC(=O)C(C)C. The lowest BCUT2D eigenvalue weighted by atomic mass is 10.1. The lowest BCUT2D eigenvalue weighted by Crippen LogP contribution is -2.29. The van der Waals surface area contributed by atoms with Crippen LogP contribution in [0.2, 0.25) is 0 Å². The molecule has 0 saturated heterocycles. The Morgan fingerprint density at radius 1 is 0.957 bits per heavy atom. The van der Waals surface area contributed by atoms with E-state index in [1.807, 2.05) is 20.8 Å². The molecule has 0 radical (unpaired) electrons. The summed E-state index contributed by atoms with van der Waals surface area (Å²) in [4.78, 5) is 23.1. The van der Waals surface area contributed by atoms with Crippen molar-refractivity contribution >= 4 is 11.7 Å². The highest BCUT2D eigenvalue weighted by Crippen LogP contribution is 2.07. The van der Waals surface area contributed by atoms with Gasteiger partial charge in [-0.2, -0.15) is 0 Å². The van der Waals surface area contributed by atoms with Crippen molar-refractivity contribution in [2.45, 2.75) is 79.1 Å². The van der Waals surface area contributed by atoms with Crippen molar-refractivity contribution in [1.82, 2.24) is 5.32 Å². The van der Waals surface area contributed by atoms with Gasteiger partial charge in [-0.15, -0.1) is 0 Å². The van der Waals surface area contributed by atoms with E-state index in [9.17, 15) is 9.59 Å². The number of unbranched alkanes of at least 4 members (excludes halogenated alkanes) is 5. The van der Waals surface area contributed by atoms with E-state index in [2.05, 4.69) is 12.2 Å². The maximum atomic E-state index is 11.7. The Hall–Kier alpha value is -0.900. The molecule has 0 fully saturated rings. The van der Waals surface area contributed by atoms with Crippen LogP contribution in [0.5, 0.6) is 0 Å². The maximum Gasteiger partial charge on any atom is 0.222 e. The van der Waals surface area contributed by atoms with E-state index in [0.29, 0.717) is 6.61 Å². The number of amides is 1. The summed E-state index contributed by atoms with van der Waals surface area (Å²) in [6.45, 7) is 9.65. The van der Waals surface area contributed by atoms with Gasteiger partial charge in [-0.1, -0.05) is 59.8 Å². The van der Waals surface area contributed by atoms with Crippen LogP contribution in [0.1, 0.15) is 79.1 Å². The average Bonchev–Trinajstić information content (AvgIpc) is 2.52. The minimum atomic E-state index is 0.0699. The number of carbonyl (C=O) groups is 2. The molecule has 4 nitrogen and oxygen atoms in total. The molecule has 0 aromatic rings. The Morgan fingerprint density at radius 3 is 2.17 bits per heavy atom. The Kier molecular flexibility index (Phi) is 14.1. The van der Waals surface area contributed by atoms with Crippen LogP contribution in [0.25, 0.3) is 0 Å². The molecule has 0 aliphatic heterocycles. The van der Waals surface area contributed by atoms with Crippen molar-refractivity contribution in [3.8, 4) is 0 Å². The van der Waals surface area contributed by atoms with Crippen LogP contribution in [-0.4, -0.2) is 31.4 Å². The molecule has 0 bridgehead atoms. The number of Topliss-reactive ketones (excluding diaryl/α,β-unsaturated/α-hetero) is 1. The van der Waals surface area contributed by atoms with Crippen LogP contribution in [0.3, 0.4) is 0 Å². The van der Waals surface area contributed by atoms with Gasteiger partial charge in [0.2, 0.25) is 5.91 Å². The van der Waals surface area contributed by atoms with Gasteiger partial charge in [-0.05, 0) is 19.3 Å². The molecule has 0 aromatic heterocycles. The highest BCUT2D eigenvalue weighted by molar-refractivity contribution is 5.81. The fourth-order valence-corrected chi connectivity index (χ4v) is 2.33. The lowest BCUT2D eigenvalue weighted by molar-refractivity contribution is -0.126. The second-order valence-corrected chi connectivity index (χ2v) is 6.78. The van der Waals surface area contributed by atoms with Crippen molar-refractivity contribution in [2.24, 2.45) is 11.8 Å². The quantitative estimate of drug-likeness (QED) is 0.460. The van der Waals surface area contributed by atoms with Crippen LogP contribution >= 0.6 is 0 Å². The smallest absolute Gasteiger partial charge is 0.222 e. The first-order valence-corrected chi connectivity index (χ1v) is 9.37. The van der Waals surface area contributed by atoms with Gasteiger partial charge < -0.3 is 10.1 Å². The van der Waals surface area contributed by atoms with Crippen molar-refractivity contribution in [2.75, 3.05) is 19.8 Å². The molecule has 4 heteroatoms. The van der Waals surface area contributed by atoms with E-state index in [1.54, 1.807) is 0 Å². The van der Waals surface area contributed by atoms with E-state index in [-0.39, 0.29) is 30.1 Å². The normalized spacial score (nSPS) is 12.4. The molecule has 0 aliphatic rings. The second kappa shape index (κ2) is 14.7. The number of hydrogen-bond acceptors (Lipinski definition) is 3. The van der Waals surface area contributed by atoms with Crippen molar-refractivity contribution in [3.05, 3.63) is 0 Å². The summed E-state index contributed by atoms with van der Waals surface area (Å²) < 4.78 is 5.37. The van der Waals surface area contributed by atoms with E-state index >= 15 is 0 Å². The molecule has 1 unspecified atom stereocenters. The molecule has 0 heterocycles. The molecule has 23 heavy (non-hydrogen) atoms. The molecule has 0 rings (SSSR count). The second-order valence-electron chi connectivity index (χ2n) is 6.78. The van der Waals surface area contributed by atoms with E-state index < -0.39 is 0 Å². The number of carbonyl (C=O) groups excluding carboxylic acids is 2. The van der Waals surface area contributed by atoms with Crippen LogP contribution in [0, 0.1) is 11.8 Å². The van der Waals surface area contributed by atoms with E-state index in [1.165, 1.54) is 12.8 Å². The molecule has 1 amide bonds. The Bertz CT molecular complexity index is 316. The molecular formula is C19H37NO3. The van der Waals surface area contributed by atoms with Gasteiger partial charge in [0.25, 0.3) is 0 Å². The Labute approximate surface area is 142 Å². The summed E-state index contributed by atoms with van der Waals surface area (Å²) in [6, 6.07) is 0. The van der Waals surface area contributed by atoms with Crippen LogP contribution < -0.4 is 5.32 Å². The zero-order chi connectivity index (χ0) is 17.5. The lowest BCUT2D eigenvalue weighted by Gasteiger charge is -2.10. The van der Waals surface area contributed by atoms with Crippen LogP contribution in [-0.2, 0) is 14.3 Å². The Balaban J connectivity index is 3.28. The van der Waals surface area contributed by atoms with Gasteiger partial charge in [0.15, 0.2) is 5.78 Å². The van der Waals surface area contributed by atoms with Crippen LogP contribution in [0.15, 0.2) is 0 Å². The predicted molar refractivity (Wildman–Crippen MR) is 95.4 cm³/mol. The molecule has 1 atom stereocenters. The topological polar surface area (TPSA) is 55.4 Å². The maximum absolute atomic E-state index is 11.7. The number of nitrogens with one attached hydrogen (secondary N) is 1. The first-order valence-electron chi connectivity index (χ1n) is 9.37. The fraction of sp³-hybridized carbons (Fsp3) is 0.895. The summed E-state index contributed by atoms with van der Waals surface area (Å²) in [6.07, 6.45) is 8.82. The molecule has 0 saturated carbocycles. The summed E-state index contributed by atoms with van der Waals surface area (Å²) in [5, 5.41) is 3.01. The molecule has 1 N–H and O–H groups in total. The zero-order valence-corrected chi connectivity index (χ0v) is 15.7. The summed E-state index contributed by atoms with van der Waals surface area (Å²) in [7, 11) is 0. The third-order valence-corrected chi connectivity index (χ3v) is 4.07. The minimum absolute atomic E-state index is 0.0699. The molecule has 0 aliphatic carbocycles. The zero-order valence-electron chi connectivity index (χ0n) is 15.7. The predicted octanol–water partition coefficient (Wildman–Crippen LogP) is 4.12. The van der Waals surface area contributed by atoms with Gasteiger partial charge in [-0.25, -0.2) is 0 Å². The van der Waals surface area contributed by atoms with Crippen molar-refractivity contribution in [1.29, 1.82) is 0 Å². The van der Waals surface area contributed by atoms with Crippen molar-refractivity contribution < 1.29 is 14.3 Å². The highest BCUT2D eigenvalue weighted by atomic mass is 16.5. The monoisotopic (exact) mass is 327 g/mol. The summed E-state index contributed by atoms with van der Waals surface area (Å²) in [5.74, 6) is 0.586. The first-order chi connectivity index (χ1) is 11.0. The Morgan fingerprint density at radius 2 is 1.57 bits per heavy atom. The summed E-state index contributed by atoms with van der Waals surface area (Å²) in [5.41, 5.74) is 0. The fourth-order valence-electron chi connectivity index (χ4n) is 2.33. The molecule has 0 spiro atoms. The van der Waals surface area contributed by atoms with E-state index in [0.717, 1.165) is 45.1 Å². The molecule has 136 valence electrons. The number of hydrogen-bond donors (Lipinski definition) is 1. The van der Waals surface area contributed by atoms with Gasteiger partial charge >= 0.3 is 0 Å². The van der Waals surface area contributed by atoms with Crippen LogP contribution in [0.4, 0.5) is 0 Å². The first kappa shape index (κ1) is 22.1. The highest BCUT2D eigenvalue weighted by Gasteiger charge is 2.10. The van der Waals surface area contributed by atoms with Crippen molar-refractivity contribution in [3.63, 3.8) is 0 Å². The van der Waals surface area contributed by atoms with Gasteiger partial charge in [-0.3, -0.25) is 9.59 Å². The largest absolute Gasteiger partial charge is 0.374 e. The summed E-state index contributed by atoms with van der Waals surface area (Å²) >= 11 is 0. The third kappa shape index (κ3) is 13.3. The third-order valence-electron chi connectivity index (χ3n) is 4.07. The van der Waals surface area contributed by atoms with Gasteiger partial charge in [0.1, 0.15) is 6.61 Å².